The van der Waals surface area contributed by atoms with Crippen molar-refractivity contribution in [3.05, 3.63) is 51.8 Å². The molecule has 0 radical (unpaired) electrons. The van der Waals surface area contributed by atoms with Crippen molar-refractivity contribution in [3.8, 4) is 0 Å². The van der Waals surface area contributed by atoms with Crippen molar-refractivity contribution in [2.45, 2.75) is 38.5 Å². The van der Waals surface area contributed by atoms with Crippen molar-refractivity contribution in [2.24, 2.45) is 5.73 Å². The van der Waals surface area contributed by atoms with Crippen LogP contribution in [0.25, 0.3) is 5.65 Å². The van der Waals surface area contributed by atoms with Gasteiger partial charge < -0.3 is 11.1 Å². The van der Waals surface area contributed by atoms with Crippen LogP contribution in [0.1, 0.15) is 47.3 Å². The van der Waals surface area contributed by atoms with Gasteiger partial charge in [0.2, 0.25) is 0 Å². The van der Waals surface area contributed by atoms with Gasteiger partial charge >= 0.3 is 0 Å². The van der Waals surface area contributed by atoms with Crippen molar-refractivity contribution in [1.29, 1.82) is 0 Å². The number of carbonyl (C=O) groups excluding carboxylic acids is 1. The van der Waals surface area contributed by atoms with Crippen LogP contribution in [0.2, 0.25) is 0 Å². The third kappa shape index (κ3) is 3.19. The summed E-state index contributed by atoms with van der Waals surface area (Å²) in [5, 5.41) is 7.88. The number of aryl methyl sites for hydroxylation is 2. The van der Waals surface area contributed by atoms with Crippen molar-refractivity contribution >= 4 is 39.0 Å². The lowest BCUT2D eigenvalue weighted by molar-refractivity contribution is 0.100. The van der Waals surface area contributed by atoms with E-state index < -0.39 is 5.91 Å². The van der Waals surface area contributed by atoms with E-state index in [4.69, 9.17) is 5.73 Å². The molecule has 0 fully saturated rings. The molecule has 0 saturated heterocycles. The lowest BCUT2D eigenvalue weighted by atomic mass is 9.98. The average molecular weight is 414 g/mol. The fourth-order valence-corrected chi connectivity index (χ4v) is 3.75. The Morgan fingerprint density at radius 2 is 1.85 bits per heavy atom. The monoisotopic (exact) mass is 413 g/mol. The summed E-state index contributed by atoms with van der Waals surface area (Å²) in [5.74, 6) is -0.0827. The molecule has 2 heterocycles. The number of halogens is 1. The zero-order valence-electron chi connectivity index (χ0n) is 14.3. The molecule has 134 valence electrons. The molecule has 3 N–H and O–H groups in total. The first-order valence-electron chi connectivity index (χ1n) is 8.85. The smallest absolute Gasteiger partial charge is 0.256 e. The van der Waals surface area contributed by atoms with E-state index in [1.165, 1.54) is 18.4 Å². The topological polar surface area (TPSA) is 85.3 Å². The molecule has 4 rings (SSSR count). The van der Waals surface area contributed by atoms with Crippen LogP contribution in [-0.4, -0.2) is 20.5 Å². The van der Waals surface area contributed by atoms with Crippen molar-refractivity contribution < 1.29 is 4.79 Å². The minimum atomic E-state index is -0.530. The van der Waals surface area contributed by atoms with Gasteiger partial charge in [-0.2, -0.15) is 0 Å². The summed E-state index contributed by atoms with van der Waals surface area (Å²) >= 11 is 3.42. The molecular weight excluding hydrogens is 394 g/mol. The molecule has 26 heavy (non-hydrogen) atoms. The molecule has 0 aliphatic heterocycles. The Labute approximate surface area is 159 Å². The summed E-state index contributed by atoms with van der Waals surface area (Å²) in [6.07, 6.45) is 8.57. The van der Waals surface area contributed by atoms with E-state index >= 15 is 0 Å². The maximum Gasteiger partial charge on any atom is 0.256 e. The molecule has 2 aromatic heterocycles. The van der Waals surface area contributed by atoms with E-state index in [-0.39, 0.29) is 0 Å². The van der Waals surface area contributed by atoms with Crippen LogP contribution in [0.3, 0.4) is 0 Å². The molecule has 0 spiro atoms. The molecule has 0 bridgehead atoms. The van der Waals surface area contributed by atoms with Crippen molar-refractivity contribution in [3.63, 3.8) is 0 Å². The van der Waals surface area contributed by atoms with Gasteiger partial charge in [-0.1, -0.05) is 28.8 Å². The number of anilines is 2. The van der Waals surface area contributed by atoms with Gasteiger partial charge in [-0.3, -0.25) is 4.79 Å². The highest BCUT2D eigenvalue weighted by Crippen LogP contribution is 2.27. The number of carbonyl (C=O) groups is 1. The van der Waals surface area contributed by atoms with Gasteiger partial charge in [-0.05, 0) is 55.5 Å². The molecule has 1 aromatic carbocycles. The van der Waals surface area contributed by atoms with Crippen molar-refractivity contribution in [2.75, 3.05) is 5.32 Å². The van der Waals surface area contributed by atoms with E-state index in [0.717, 1.165) is 41.5 Å². The van der Waals surface area contributed by atoms with E-state index in [2.05, 4.69) is 31.3 Å². The Morgan fingerprint density at radius 1 is 1.12 bits per heavy atom. The van der Waals surface area contributed by atoms with Gasteiger partial charge in [0.1, 0.15) is 5.56 Å². The molecule has 7 heteroatoms. The van der Waals surface area contributed by atoms with Crippen LogP contribution in [-0.2, 0) is 12.8 Å². The first-order chi connectivity index (χ1) is 12.6. The number of nitrogens with two attached hydrogens (primary N) is 1. The Bertz CT molecular complexity index is 964. The van der Waals surface area contributed by atoms with Crippen LogP contribution in [0.5, 0.6) is 0 Å². The minimum Gasteiger partial charge on any atom is -0.365 e. The maximum atomic E-state index is 12.1. The number of amides is 1. The van der Waals surface area contributed by atoms with E-state index in [9.17, 15) is 4.79 Å². The van der Waals surface area contributed by atoms with Crippen LogP contribution < -0.4 is 11.1 Å². The zero-order valence-corrected chi connectivity index (χ0v) is 15.9. The standard InChI is InChI=1S/C19H20BrN5O/c20-13-7-9-14(10-8-13)23-18-16(17(21)26)19-22-11-12-5-3-1-2-4-6-15(12)25(19)24-18/h7-11H,1-6H2,(H2,21,26)(H,23,24). The number of benzene rings is 1. The van der Waals surface area contributed by atoms with Crippen LogP contribution in [0.4, 0.5) is 11.5 Å². The zero-order chi connectivity index (χ0) is 18.1. The van der Waals surface area contributed by atoms with Gasteiger partial charge in [-0.15, -0.1) is 5.10 Å². The lowest BCUT2D eigenvalue weighted by Crippen LogP contribution is -2.14. The molecule has 1 amide bonds. The second-order valence-corrected chi connectivity index (χ2v) is 7.52. The van der Waals surface area contributed by atoms with E-state index in [0.29, 0.717) is 17.0 Å². The van der Waals surface area contributed by atoms with E-state index in [1.54, 1.807) is 0 Å². The number of rotatable bonds is 3. The predicted molar refractivity (Wildman–Crippen MR) is 105 cm³/mol. The van der Waals surface area contributed by atoms with Gasteiger partial charge in [-0.25, -0.2) is 9.50 Å². The van der Waals surface area contributed by atoms with Gasteiger partial charge in [0.15, 0.2) is 11.5 Å². The molecule has 1 aliphatic rings. The van der Waals surface area contributed by atoms with Crippen LogP contribution in [0, 0.1) is 0 Å². The summed E-state index contributed by atoms with van der Waals surface area (Å²) in [4.78, 5) is 16.6. The molecule has 0 saturated carbocycles. The number of aromatic nitrogens is 3. The highest BCUT2D eigenvalue weighted by molar-refractivity contribution is 9.10. The number of hydrogen-bond acceptors (Lipinski definition) is 4. The number of primary amides is 1. The molecule has 0 unspecified atom stereocenters. The summed E-state index contributed by atoms with van der Waals surface area (Å²) in [6, 6.07) is 7.68. The number of nitrogens with one attached hydrogen (secondary N) is 1. The summed E-state index contributed by atoms with van der Waals surface area (Å²) in [6.45, 7) is 0. The van der Waals surface area contributed by atoms with Crippen LogP contribution in [0.15, 0.2) is 34.9 Å². The lowest BCUT2D eigenvalue weighted by Gasteiger charge is -2.14. The SMILES string of the molecule is NC(=O)c1c(Nc2ccc(Br)cc2)nn2c3c(cnc12)CCCCCC3. The Kier molecular flexibility index (Phi) is 4.63. The third-order valence-corrected chi connectivity index (χ3v) is 5.32. The van der Waals surface area contributed by atoms with Crippen molar-refractivity contribution in [1.82, 2.24) is 14.6 Å². The normalized spacial score (nSPS) is 14.5. The average Bonchev–Trinajstić information content (AvgIpc) is 2.95. The first kappa shape index (κ1) is 17.0. The second-order valence-electron chi connectivity index (χ2n) is 6.60. The first-order valence-corrected chi connectivity index (χ1v) is 9.64. The number of hydrogen-bond donors (Lipinski definition) is 2. The summed E-state index contributed by atoms with van der Waals surface area (Å²) in [7, 11) is 0. The fraction of sp³-hybridized carbons (Fsp3) is 0.316. The largest absolute Gasteiger partial charge is 0.365 e. The number of fused-ring (bicyclic) bond motifs is 3. The second kappa shape index (κ2) is 7.07. The minimum absolute atomic E-state index is 0.331. The highest BCUT2D eigenvalue weighted by atomic mass is 79.9. The predicted octanol–water partition coefficient (Wildman–Crippen LogP) is 3.99. The summed E-state index contributed by atoms with van der Waals surface area (Å²) < 4.78 is 2.79. The quantitative estimate of drug-likeness (QED) is 0.679. The number of nitrogens with zero attached hydrogens (tertiary/aromatic N) is 3. The molecule has 0 atom stereocenters. The highest BCUT2D eigenvalue weighted by Gasteiger charge is 2.22. The molecule has 3 aromatic rings. The third-order valence-electron chi connectivity index (χ3n) is 4.79. The van der Waals surface area contributed by atoms with Gasteiger partial charge in [0.05, 0.1) is 0 Å². The molecular formula is C19H20BrN5O. The Hall–Kier alpha value is -2.41. The summed E-state index contributed by atoms with van der Waals surface area (Å²) in [5.41, 5.74) is 9.70. The molecule has 1 aliphatic carbocycles. The van der Waals surface area contributed by atoms with Gasteiger partial charge in [0, 0.05) is 22.1 Å². The Balaban J connectivity index is 1.84. The van der Waals surface area contributed by atoms with Gasteiger partial charge in [0.25, 0.3) is 5.91 Å². The van der Waals surface area contributed by atoms with Crippen LogP contribution >= 0.6 is 15.9 Å². The maximum absolute atomic E-state index is 12.1. The van der Waals surface area contributed by atoms with E-state index in [1.807, 2.05) is 35.0 Å². The molecule has 6 nitrogen and oxygen atoms in total. The fourth-order valence-electron chi connectivity index (χ4n) is 3.49. The Morgan fingerprint density at radius 3 is 2.58 bits per heavy atom.